The van der Waals surface area contributed by atoms with Crippen molar-refractivity contribution in [1.82, 2.24) is 14.9 Å². The number of halogens is 1. The summed E-state index contributed by atoms with van der Waals surface area (Å²) in [6.45, 7) is 5.23. The van der Waals surface area contributed by atoms with Gasteiger partial charge in [-0.3, -0.25) is 14.2 Å². The first-order valence-electron chi connectivity index (χ1n) is 10.1. The molecule has 0 bridgehead atoms. The van der Waals surface area contributed by atoms with Gasteiger partial charge in [-0.2, -0.15) is 0 Å². The van der Waals surface area contributed by atoms with Crippen LogP contribution in [0.15, 0.2) is 46.3 Å². The van der Waals surface area contributed by atoms with Crippen LogP contribution in [0.2, 0.25) is 5.02 Å². The number of ether oxygens (including phenoxy) is 1. The van der Waals surface area contributed by atoms with Crippen molar-refractivity contribution in [2.24, 2.45) is 5.92 Å². The summed E-state index contributed by atoms with van der Waals surface area (Å²) >= 11 is 7.27. The maximum Gasteiger partial charge on any atom is 0.326 e. The molecule has 33 heavy (non-hydrogen) atoms. The standard InChI is InChI=1S/C23H24ClN3O5S/c1-12(2)20(22(30)31)26-19(28)11-33-23-25-16-8-6-5-7-14(16)21(29)27(23)17-9-13(3)15(24)10-18(17)32-4/h5-10,12,20H,11H2,1-4H3,(H,26,28)(H,30,31)/t20-/m1/s1. The van der Waals surface area contributed by atoms with E-state index in [0.29, 0.717) is 27.4 Å². The lowest BCUT2D eigenvalue weighted by Crippen LogP contribution is -2.45. The molecule has 0 unspecified atom stereocenters. The number of nitrogens with one attached hydrogen (secondary N) is 1. The topological polar surface area (TPSA) is 111 Å². The maximum absolute atomic E-state index is 13.5. The first kappa shape index (κ1) is 24.6. The molecule has 1 aromatic heterocycles. The van der Waals surface area contributed by atoms with Gasteiger partial charge in [-0.25, -0.2) is 9.78 Å². The molecule has 0 aliphatic carbocycles. The van der Waals surface area contributed by atoms with Gasteiger partial charge in [0.15, 0.2) is 5.16 Å². The number of methoxy groups -OCH3 is 1. The largest absolute Gasteiger partial charge is 0.495 e. The molecule has 10 heteroatoms. The van der Waals surface area contributed by atoms with E-state index in [9.17, 15) is 19.5 Å². The van der Waals surface area contributed by atoms with E-state index in [2.05, 4.69) is 10.3 Å². The number of aliphatic carboxylic acids is 1. The number of aryl methyl sites for hydroxylation is 1. The van der Waals surface area contributed by atoms with Crippen LogP contribution in [-0.4, -0.2) is 45.4 Å². The number of hydrogen-bond donors (Lipinski definition) is 2. The molecule has 0 aliphatic heterocycles. The minimum Gasteiger partial charge on any atom is -0.495 e. The molecule has 2 N–H and O–H groups in total. The first-order valence-corrected chi connectivity index (χ1v) is 11.5. The number of carboxylic acids is 1. The van der Waals surface area contributed by atoms with Crippen LogP contribution < -0.4 is 15.6 Å². The van der Waals surface area contributed by atoms with Crippen molar-refractivity contribution in [1.29, 1.82) is 0 Å². The highest BCUT2D eigenvalue weighted by Crippen LogP contribution is 2.32. The fourth-order valence-electron chi connectivity index (χ4n) is 3.27. The van der Waals surface area contributed by atoms with Gasteiger partial charge in [-0.05, 0) is 36.6 Å². The number of aromatic nitrogens is 2. The zero-order chi connectivity index (χ0) is 24.3. The Labute approximate surface area is 199 Å². The Hall–Kier alpha value is -3.04. The maximum atomic E-state index is 13.5. The van der Waals surface area contributed by atoms with Crippen molar-refractivity contribution in [3.8, 4) is 11.4 Å². The highest BCUT2D eigenvalue weighted by molar-refractivity contribution is 7.99. The van der Waals surface area contributed by atoms with E-state index in [-0.39, 0.29) is 22.4 Å². The van der Waals surface area contributed by atoms with Crippen LogP contribution >= 0.6 is 23.4 Å². The van der Waals surface area contributed by atoms with Crippen LogP contribution in [0.25, 0.3) is 16.6 Å². The van der Waals surface area contributed by atoms with Crippen LogP contribution in [0.3, 0.4) is 0 Å². The number of benzene rings is 2. The summed E-state index contributed by atoms with van der Waals surface area (Å²) in [6.07, 6.45) is 0. The second-order valence-electron chi connectivity index (χ2n) is 7.74. The lowest BCUT2D eigenvalue weighted by molar-refractivity contribution is -0.142. The number of fused-ring (bicyclic) bond motifs is 1. The minimum absolute atomic E-state index is 0.129. The van der Waals surface area contributed by atoms with Crippen molar-refractivity contribution < 1.29 is 19.4 Å². The molecule has 8 nitrogen and oxygen atoms in total. The van der Waals surface area contributed by atoms with Gasteiger partial charge >= 0.3 is 5.97 Å². The SMILES string of the molecule is COc1cc(Cl)c(C)cc1-n1c(SCC(=O)N[C@@H](C(=O)O)C(C)C)nc2ccccc2c1=O. The predicted molar refractivity (Wildman–Crippen MR) is 129 cm³/mol. The molecular weight excluding hydrogens is 466 g/mol. The number of thioether (sulfide) groups is 1. The van der Waals surface area contributed by atoms with E-state index >= 15 is 0 Å². The Kier molecular flexibility index (Phi) is 7.65. The number of carbonyl (C=O) groups excluding carboxylic acids is 1. The second kappa shape index (κ2) is 10.3. The smallest absolute Gasteiger partial charge is 0.326 e. The van der Waals surface area contributed by atoms with Gasteiger partial charge in [0, 0.05) is 11.1 Å². The summed E-state index contributed by atoms with van der Waals surface area (Å²) in [4.78, 5) is 42.0. The highest BCUT2D eigenvalue weighted by atomic mass is 35.5. The van der Waals surface area contributed by atoms with Gasteiger partial charge < -0.3 is 15.2 Å². The number of nitrogens with zero attached hydrogens (tertiary/aromatic N) is 2. The first-order chi connectivity index (χ1) is 15.6. The van der Waals surface area contributed by atoms with Crippen molar-refractivity contribution in [3.63, 3.8) is 0 Å². The Balaban J connectivity index is 2.07. The molecule has 1 heterocycles. The van der Waals surface area contributed by atoms with Crippen LogP contribution in [0, 0.1) is 12.8 Å². The van der Waals surface area contributed by atoms with Crippen molar-refractivity contribution in [3.05, 3.63) is 57.3 Å². The molecule has 3 rings (SSSR count). The van der Waals surface area contributed by atoms with Gasteiger partial charge in [-0.1, -0.05) is 49.3 Å². The molecule has 0 saturated heterocycles. The molecule has 2 aromatic carbocycles. The molecule has 0 spiro atoms. The third kappa shape index (κ3) is 5.31. The van der Waals surface area contributed by atoms with Gasteiger partial charge in [0.05, 0.1) is 29.5 Å². The van der Waals surface area contributed by atoms with E-state index in [0.717, 1.165) is 17.3 Å². The molecule has 174 valence electrons. The van der Waals surface area contributed by atoms with Crippen LogP contribution in [0.5, 0.6) is 5.75 Å². The molecular formula is C23H24ClN3O5S. The van der Waals surface area contributed by atoms with E-state index in [4.69, 9.17) is 16.3 Å². The zero-order valence-corrected chi connectivity index (χ0v) is 20.2. The number of hydrogen-bond acceptors (Lipinski definition) is 6. The summed E-state index contributed by atoms with van der Waals surface area (Å²) in [5.74, 6) is -1.62. The number of rotatable bonds is 8. The van der Waals surface area contributed by atoms with Gasteiger partial charge in [0.25, 0.3) is 5.56 Å². The van der Waals surface area contributed by atoms with Crippen molar-refractivity contribution in [2.75, 3.05) is 12.9 Å². The monoisotopic (exact) mass is 489 g/mol. The molecule has 0 fully saturated rings. The van der Waals surface area contributed by atoms with E-state index in [1.165, 1.54) is 11.7 Å². The summed E-state index contributed by atoms with van der Waals surface area (Å²) in [5, 5.41) is 13.0. The average Bonchev–Trinajstić information content (AvgIpc) is 2.77. The van der Waals surface area contributed by atoms with Crippen LogP contribution in [0.4, 0.5) is 0 Å². The number of carboxylic acid groups (broad SMARTS) is 1. The molecule has 3 aromatic rings. The van der Waals surface area contributed by atoms with E-state index in [1.807, 2.05) is 6.92 Å². The predicted octanol–water partition coefficient (Wildman–Crippen LogP) is 3.67. The lowest BCUT2D eigenvalue weighted by Gasteiger charge is -2.19. The molecule has 0 radical (unpaired) electrons. The lowest BCUT2D eigenvalue weighted by atomic mass is 10.1. The highest BCUT2D eigenvalue weighted by Gasteiger charge is 2.24. The Morgan fingerprint density at radius 2 is 1.97 bits per heavy atom. The van der Waals surface area contributed by atoms with Gasteiger partial charge in [-0.15, -0.1) is 0 Å². The second-order valence-corrected chi connectivity index (χ2v) is 9.09. The van der Waals surface area contributed by atoms with E-state index in [1.54, 1.807) is 50.2 Å². The normalized spacial score (nSPS) is 12.1. The van der Waals surface area contributed by atoms with Crippen LogP contribution in [0.1, 0.15) is 19.4 Å². The minimum atomic E-state index is -1.11. The molecule has 0 aliphatic rings. The summed E-state index contributed by atoms with van der Waals surface area (Å²) in [6, 6.07) is 9.25. The number of para-hydroxylation sites is 1. The number of carbonyl (C=O) groups is 2. The van der Waals surface area contributed by atoms with Gasteiger partial charge in [0.2, 0.25) is 5.91 Å². The zero-order valence-electron chi connectivity index (χ0n) is 18.6. The number of amides is 1. The Bertz CT molecular complexity index is 1270. The quantitative estimate of drug-likeness (QED) is 0.367. The van der Waals surface area contributed by atoms with Crippen molar-refractivity contribution in [2.45, 2.75) is 32.0 Å². The summed E-state index contributed by atoms with van der Waals surface area (Å²) in [5.41, 5.74) is 1.34. The average molecular weight is 490 g/mol. The third-order valence-electron chi connectivity index (χ3n) is 5.03. The van der Waals surface area contributed by atoms with Gasteiger partial charge in [0.1, 0.15) is 11.8 Å². The summed E-state index contributed by atoms with van der Waals surface area (Å²) in [7, 11) is 1.47. The van der Waals surface area contributed by atoms with Crippen LogP contribution in [-0.2, 0) is 9.59 Å². The summed E-state index contributed by atoms with van der Waals surface area (Å²) < 4.78 is 6.85. The molecule has 1 atom stereocenters. The Morgan fingerprint density at radius 1 is 1.27 bits per heavy atom. The van der Waals surface area contributed by atoms with Crippen molar-refractivity contribution >= 4 is 46.1 Å². The fraction of sp³-hybridized carbons (Fsp3) is 0.304. The molecule has 0 saturated carbocycles. The Morgan fingerprint density at radius 3 is 2.61 bits per heavy atom. The third-order valence-corrected chi connectivity index (χ3v) is 6.37. The fourth-order valence-corrected chi connectivity index (χ4v) is 4.24. The van der Waals surface area contributed by atoms with E-state index < -0.39 is 17.9 Å². The molecule has 1 amide bonds.